The van der Waals surface area contributed by atoms with Gasteiger partial charge in [0.05, 0.1) is 6.61 Å². The third kappa shape index (κ3) is 2.91. The molecule has 1 fully saturated rings. The van der Waals surface area contributed by atoms with Crippen molar-refractivity contribution in [1.29, 1.82) is 0 Å². The van der Waals surface area contributed by atoms with Crippen molar-refractivity contribution in [3.8, 4) is 0 Å². The highest BCUT2D eigenvalue weighted by Gasteiger charge is 2.43. The van der Waals surface area contributed by atoms with Crippen molar-refractivity contribution < 1.29 is 25.2 Å². The second kappa shape index (κ2) is 5.90. The molecule has 0 aromatic heterocycles. The predicted octanol–water partition coefficient (Wildman–Crippen LogP) is -1.83. The molecular weight excluding hydrogens is 214 g/mol. The Hall–Kier alpha value is -0.240. The normalized spacial score (nSPS) is 42.0. The van der Waals surface area contributed by atoms with Gasteiger partial charge in [0.1, 0.15) is 30.6 Å². The first-order valence-corrected chi connectivity index (χ1v) is 5.57. The Balaban J connectivity index is 2.63. The molecule has 0 spiro atoms. The summed E-state index contributed by atoms with van der Waals surface area (Å²) in [5, 5.41) is 40.7. The zero-order chi connectivity index (χ0) is 12.3. The van der Waals surface area contributed by atoms with E-state index in [0.29, 0.717) is 0 Å². The number of hydrogen-bond acceptors (Lipinski definition) is 6. The summed E-state index contributed by atoms with van der Waals surface area (Å²) >= 11 is 0. The van der Waals surface area contributed by atoms with Gasteiger partial charge in [-0.2, -0.15) is 0 Å². The lowest BCUT2D eigenvalue weighted by molar-refractivity contribution is -0.238. The maximum Gasteiger partial charge on any atom is 0.137 e. The molecule has 0 bridgehead atoms. The van der Waals surface area contributed by atoms with E-state index in [4.69, 9.17) is 9.84 Å². The fourth-order valence-electron chi connectivity index (χ4n) is 1.64. The second-order valence-electron chi connectivity index (χ2n) is 4.23. The van der Waals surface area contributed by atoms with Crippen LogP contribution < -0.4 is 5.32 Å². The molecule has 5 N–H and O–H groups in total. The van der Waals surface area contributed by atoms with Gasteiger partial charge in [0, 0.05) is 6.04 Å². The Morgan fingerprint density at radius 3 is 2.31 bits per heavy atom. The van der Waals surface area contributed by atoms with Crippen LogP contribution in [-0.2, 0) is 4.74 Å². The minimum atomic E-state index is -1.31. The fourth-order valence-corrected chi connectivity index (χ4v) is 1.64. The molecule has 6 nitrogen and oxygen atoms in total. The lowest BCUT2D eigenvalue weighted by Crippen LogP contribution is -2.63. The first kappa shape index (κ1) is 13.8. The molecule has 6 heteroatoms. The van der Waals surface area contributed by atoms with Crippen LogP contribution in [0.15, 0.2) is 0 Å². The lowest BCUT2D eigenvalue weighted by atomic mass is 9.98. The van der Waals surface area contributed by atoms with E-state index in [0.717, 1.165) is 6.42 Å². The molecule has 0 aromatic carbocycles. The number of aliphatic hydroxyl groups is 4. The van der Waals surface area contributed by atoms with E-state index >= 15 is 0 Å². The van der Waals surface area contributed by atoms with Crippen molar-refractivity contribution in [2.24, 2.45) is 0 Å². The fraction of sp³-hybridized carbons (Fsp3) is 1.00. The van der Waals surface area contributed by atoms with Crippen molar-refractivity contribution >= 4 is 0 Å². The topological polar surface area (TPSA) is 102 Å². The maximum absolute atomic E-state index is 9.69. The molecule has 6 unspecified atom stereocenters. The van der Waals surface area contributed by atoms with Gasteiger partial charge in [-0.15, -0.1) is 0 Å². The molecule has 1 heterocycles. The smallest absolute Gasteiger partial charge is 0.137 e. The molecule has 16 heavy (non-hydrogen) atoms. The second-order valence-corrected chi connectivity index (χ2v) is 4.23. The highest BCUT2D eigenvalue weighted by Crippen LogP contribution is 2.20. The summed E-state index contributed by atoms with van der Waals surface area (Å²) in [6.45, 7) is 3.49. The van der Waals surface area contributed by atoms with Crippen LogP contribution in [0, 0.1) is 0 Å². The molecule has 0 saturated carbocycles. The van der Waals surface area contributed by atoms with Crippen LogP contribution in [0.1, 0.15) is 20.3 Å². The Kier molecular flexibility index (Phi) is 5.10. The average Bonchev–Trinajstić information content (AvgIpc) is 2.29. The van der Waals surface area contributed by atoms with Gasteiger partial charge in [0.15, 0.2) is 0 Å². The molecule has 1 saturated heterocycles. The van der Waals surface area contributed by atoms with Crippen molar-refractivity contribution in [2.45, 2.75) is 57.0 Å². The van der Waals surface area contributed by atoms with Gasteiger partial charge in [0.2, 0.25) is 0 Å². The van der Waals surface area contributed by atoms with E-state index in [-0.39, 0.29) is 6.04 Å². The van der Waals surface area contributed by atoms with E-state index in [9.17, 15) is 15.3 Å². The van der Waals surface area contributed by atoms with Crippen LogP contribution in [0.3, 0.4) is 0 Å². The largest absolute Gasteiger partial charge is 0.394 e. The van der Waals surface area contributed by atoms with Crippen molar-refractivity contribution in [3.05, 3.63) is 0 Å². The number of rotatable bonds is 4. The summed E-state index contributed by atoms with van der Waals surface area (Å²) in [6.07, 6.45) is -4.59. The van der Waals surface area contributed by atoms with Crippen LogP contribution in [-0.4, -0.2) is 63.7 Å². The minimum Gasteiger partial charge on any atom is -0.394 e. The van der Waals surface area contributed by atoms with Crippen molar-refractivity contribution in [1.82, 2.24) is 5.32 Å². The van der Waals surface area contributed by atoms with Crippen LogP contribution in [0.4, 0.5) is 0 Å². The van der Waals surface area contributed by atoms with Crippen LogP contribution in [0.25, 0.3) is 0 Å². The Bertz CT molecular complexity index is 213. The zero-order valence-corrected chi connectivity index (χ0v) is 9.58. The molecule has 1 rings (SSSR count). The average molecular weight is 235 g/mol. The van der Waals surface area contributed by atoms with Gasteiger partial charge in [-0.05, 0) is 13.3 Å². The first-order valence-electron chi connectivity index (χ1n) is 5.57. The monoisotopic (exact) mass is 235 g/mol. The minimum absolute atomic E-state index is 0.112. The standard InChI is InChI=1S/C10H21NO5/c1-3-5(2)11-10-9(15)8(14)7(13)6(4-12)16-10/h5-15H,3-4H2,1-2H3. The third-order valence-electron chi connectivity index (χ3n) is 2.95. The molecule has 1 aliphatic heterocycles. The molecule has 96 valence electrons. The highest BCUT2D eigenvalue weighted by atomic mass is 16.6. The van der Waals surface area contributed by atoms with Gasteiger partial charge >= 0.3 is 0 Å². The first-order chi connectivity index (χ1) is 7.51. The molecule has 0 radical (unpaired) electrons. The summed E-state index contributed by atoms with van der Waals surface area (Å²) < 4.78 is 5.28. The van der Waals surface area contributed by atoms with Gasteiger partial charge in [0.25, 0.3) is 0 Å². The zero-order valence-electron chi connectivity index (χ0n) is 9.58. The van der Waals surface area contributed by atoms with E-state index in [1.165, 1.54) is 0 Å². The van der Waals surface area contributed by atoms with Crippen LogP contribution in [0.2, 0.25) is 0 Å². The lowest BCUT2D eigenvalue weighted by Gasteiger charge is -2.41. The SMILES string of the molecule is CCC(C)NC1OC(CO)C(O)C(O)C1O. The molecule has 0 amide bonds. The quantitative estimate of drug-likeness (QED) is 0.393. The Morgan fingerprint density at radius 1 is 1.19 bits per heavy atom. The summed E-state index contributed by atoms with van der Waals surface area (Å²) in [6, 6.07) is 0.112. The molecular formula is C10H21NO5. The van der Waals surface area contributed by atoms with Crippen molar-refractivity contribution in [3.63, 3.8) is 0 Å². The summed E-state index contributed by atoms with van der Waals surface area (Å²) in [7, 11) is 0. The van der Waals surface area contributed by atoms with Gasteiger partial charge in [-0.1, -0.05) is 6.92 Å². The van der Waals surface area contributed by atoms with Gasteiger partial charge < -0.3 is 25.2 Å². The van der Waals surface area contributed by atoms with Crippen molar-refractivity contribution in [2.75, 3.05) is 6.61 Å². The molecule has 6 atom stereocenters. The third-order valence-corrected chi connectivity index (χ3v) is 2.95. The van der Waals surface area contributed by atoms with E-state index in [1.54, 1.807) is 0 Å². The Morgan fingerprint density at radius 2 is 1.81 bits per heavy atom. The number of aliphatic hydroxyl groups excluding tert-OH is 4. The summed E-state index contributed by atoms with van der Waals surface area (Å²) in [5.41, 5.74) is 0. The highest BCUT2D eigenvalue weighted by molar-refractivity contribution is 4.91. The molecule has 0 aromatic rings. The van der Waals surface area contributed by atoms with E-state index in [1.807, 2.05) is 13.8 Å². The van der Waals surface area contributed by atoms with Crippen LogP contribution in [0.5, 0.6) is 0 Å². The number of ether oxygens (including phenoxy) is 1. The number of hydrogen-bond donors (Lipinski definition) is 5. The molecule has 0 aliphatic carbocycles. The summed E-state index contributed by atoms with van der Waals surface area (Å²) in [5.74, 6) is 0. The molecule has 1 aliphatic rings. The van der Waals surface area contributed by atoms with Gasteiger partial charge in [-0.3, -0.25) is 5.32 Å². The van der Waals surface area contributed by atoms with E-state index < -0.39 is 37.3 Å². The maximum atomic E-state index is 9.69. The van der Waals surface area contributed by atoms with Gasteiger partial charge in [-0.25, -0.2) is 0 Å². The predicted molar refractivity (Wildman–Crippen MR) is 56.7 cm³/mol. The van der Waals surface area contributed by atoms with Crippen LogP contribution >= 0.6 is 0 Å². The Labute approximate surface area is 94.9 Å². The summed E-state index contributed by atoms with van der Waals surface area (Å²) in [4.78, 5) is 0. The van der Waals surface area contributed by atoms with E-state index in [2.05, 4.69) is 5.32 Å². The number of nitrogens with one attached hydrogen (secondary N) is 1.